The zero-order chi connectivity index (χ0) is 14.3. The van der Waals surface area contributed by atoms with E-state index in [1.165, 1.54) is 4.90 Å². The maximum Gasteiger partial charge on any atom is 0.305 e. The molecule has 1 aromatic carbocycles. The van der Waals surface area contributed by atoms with Gasteiger partial charge in [0.15, 0.2) is 6.61 Å². The van der Waals surface area contributed by atoms with E-state index in [1.807, 2.05) is 32.0 Å². The number of carbonyl (C=O) groups is 2. The van der Waals surface area contributed by atoms with Gasteiger partial charge >= 0.3 is 5.97 Å². The number of aliphatic carboxylic acids is 1. The Morgan fingerprint density at radius 3 is 2.58 bits per heavy atom. The molecule has 0 atom stereocenters. The van der Waals surface area contributed by atoms with E-state index in [1.54, 1.807) is 6.07 Å². The van der Waals surface area contributed by atoms with E-state index in [2.05, 4.69) is 0 Å². The summed E-state index contributed by atoms with van der Waals surface area (Å²) in [5.74, 6) is -0.441. The molecule has 0 aliphatic heterocycles. The van der Waals surface area contributed by atoms with E-state index >= 15 is 0 Å². The van der Waals surface area contributed by atoms with E-state index < -0.39 is 5.97 Å². The standard InChI is InChI=1S/C14H19NO4/c1-3-15(9-8-14(17)18)13(16)10-19-12-7-5-4-6-11(12)2/h4-7H,3,8-10H2,1-2H3,(H,17,18). The number of carboxylic acids is 1. The van der Waals surface area contributed by atoms with Crippen LogP contribution in [0.4, 0.5) is 0 Å². The molecule has 5 nitrogen and oxygen atoms in total. The van der Waals surface area contributed by atoms with Gasteiger partial charge in [0, 0.05) is 13.1 Å². The molecule has 5 heteroatoms. The van der Waals surface area contributed by atoms with Crippen molar-refractivity contribution >= 4 is 11.9 Å². The molecule has 19 heavy (non-hydrogen) atoms. The summed E-state index contributed by atoms with van der Waals surface area (Å²) in [6.45, 7) is 4.33. The highest BCUT2D eigenvalue weighted by molar-refractivity contribution is 5.78. The number of para-hydroxylation sites is 1. The summed E-state index contributed by atoms with van der Waals surface area (Å²) < 4.78 is 5.45. The van der Waals surface area contributed by atoms with Crippen molar-refractivity contribution in [1.29, 1.82) is 0 Å². The van der Waals surface area contributed by atoms with Gasteiger partial charge < -0.3 is 14.7 Å². The smallest absolute Gasteiger partial charge is 0.305 e. The van der Waals surface area contributed by atoms with Gasteiger partial charge in [0.05, 0.1) is 6.42 Å². The van der Waals surface area contributed by atoms with Gasteiger partial charge in [0.2, 0.25) is 0 Å². The quantitative estimate of drug-likeness (QED) is 0.814. The molecule has 1 aromatic rings. The summed E-state index contributed by atoms with van der Waals surface area (Å²) in [4.78, 5) is 23.9. The Balaban J connectivity index is 2.49. The van der Waals surface area contributed by atoms with Crippen LogP contribution in [0.25, 0.3) is 0 Å². The molecule has 0 bridgehead atoms. The van der Waals surface area contributed by atoms with Crippen LogP contribution >= 0.6 is 0 Å². The van der Waals surface area contributed by atoms with Gasteiger partial charge in [-0.05, 0) is 25.5 Å². The zero-order valence-electron chi connectivity index (χ0n) is 11.3. The maximum absolute atomic E-state index is 11.9. The number of hydrogen-bond donors (Lipinski definition) is 1. The third-order valence-corrected chi connectivity index (χ3v) is 2.77. The molecule has 0 saturated carbocycles. The van der Waals surface area contributed by atoms with Crippen LogP contribution in [-0.4, -0.2) is 41.6 Å². The fourth-order valence-corrected chi connectivity index (χ4v) is 1.64. The van der Waals surface area contributed by atoms with Crippen LogP contribution in [0.15, 0.2) is 24.3 Å². The molecule has 0 aromatic heterocycles. The molecular formula is C14H19NO4. The zero-order valence-corrected chi connectivity index (χ0v) is 11.3. The highest BCUT2D eigenvalue weighted by Crippen LogP contribution is 2.16. The van der Waals surface area contributed by atoms with Crippen LogP contribution in [0.2, 0.25) is 0 Å². The molecule has 0 fully saturated rings. The van der Waals surface area contributed by atoms with Crippen LogP contribution in [0.5, 0.6) is 5.75 Å². The second kappa shape index (κ2) is 7.41. The highest BCUT2D eigenvalue weighted by Gasteiger charge is 2.13. The monoisotopic (exact) mass is 265 g/mol. The van der Waals surface area contributed by atoms with Crippen molar-refractivity contribution in [3.63, 3.8) is 0 Å². The van der Waals surface area contributed by atoms with E-state index in [-0.39, 0.29) is 25.5 Å². The van der Waals surface area contributed by atoms with E-state index in [9.17, 15) is 9.59 Å². The summed E-state index contributed by atoms with van der Waals surface area (Å²) in [6.07, 6.45) is -0.0516. The number of carboxylic acid groups (broad SMARTS) is 1. The molecule has 0 unspecified atom stereocenters. The van der Waals surface area contributed by atoms with Crippen molar-refractivity contribution < 1.29 is 19.4 Å². The minimum Gasteiger partial charge on any atom is -0.484 e. The van der Waals surface area contributed by atoms with Gasteiger partial charge in [-0.1, -0.05) is 18.2 Å². The first kappa shape index (κ1) is 15.0. The van der Waals surface area contributed by atoms with Crippen molar-refractivity contribution in [2.75, 3.05) is 19.7 Å². The van der Waals surface area contributed by atoms with E-state index in [0.717, 1.165) is 5.56 Å². The second-order valence-corrected chi connectivity index (χ2v) is 4.17. The number of amides is 1. The first-order valence-corrected chi connectivity index (χ1v) is 6.22. The fraction of sp³-hybridized carbons (Fsp3) is 0.429. The highest BCUT2D eigenvalue weighted by atomic mass is 16.5. The Kier molecular flexibility index (Phi) is 5.85. The third kappa shape index (κ3) is 4.99. The van der Waals surface area contributed by atoms with Gasteiger partial charge in [-0.2, -0.15) is 0 Å². The largest absolute Gasteiger partial charge is 0.484 e. The number of benzene rings is 1. The molecule has 0 aliphatic rings. The van der Waals surface area contributed by atoms with E-state index in [0.29, 0.717) is 12.3 Å². The summed E-state index contributed by atoms with van der Waals surface area (Å²) in [5, 5.41) is 8.61. The predicted molar refractivity (Wildman–Crippen MR) is 71.2 cm³/mol. The fourth-order valence-electron chi connectivity index (χ4n) is 1.64. The number of carbonyl (C=O) groups excluding carboxylic acids is 1. The normalized spacial score (nSPS) is 10.0. The summed E-state index contributed by atoms with van der Waals surface area (Å²) >= 11 is 0. The van der Waals surface area contributed by atoms with Crippen molar-refractivity contribution in [2.45, 2.75) is 20.3 Å². The van der Waals surface area contributed by atoms with Crippen LogP contribution in [0.3, 0.4) is 0 Å². The average molecular weight is 265 g/mol. The summed E-state index contributed by atoms with van der Waals surface area (Å²) in [6, 6.07) is 7.45. The number of likely N-dealkylation sites (N-methyl/N-ethyl adjacent to an activating group) is 1. The van der Waals surface area contributed by atoms with Gasteiger partial charge in [-0.15, -0.1) is 0 Å². The number of nitrogens with zero attached hydrogens (tertiary/aromatic N) is 1. The molecule has 0 heterocycles. The Hall–Kier alpha value is -2.04. The molecule has 0 aliphatic carbocycles. The topological polar surface area (TPSA) is 66.8 Å². The lowest BCUT2D eigenvalue weighted by molar-refractivity contribution is -0.139. The molecule has 1 rings (SSSR count). The van der Waals surface area contributed by atoms with Gasteiger partial charge in [-0.3, -0.25) is 9.59 Å². The molecule has 1 amide bonds. The number of rotatable bonds is 7. The molecule has 0 spiro atoms. The average Bonchev–Trinajstić information content (AvgIpc) is 2.38. The van der Waals surface area contributed by atoms with Gasteiger partial charge in [0.1, 0.15) is 5.75 Å². The van der Waals surface area contributed by atoms with Crippen molar-refractivity contribution in [3.8, 4) is 5.75 Å². The first-order valence-electron chi connectivity index (χ1n) is 6.22. The Bertz CT molecular complexity index is 445. The van der Waals surface area contributed by atoms with Crippen LogP contribution in [0.1, 0.15) is 18.9 Å². The molecular weight excluding hydrogens is 246 g/mol. The lowest BCUT2D eigenvalue weighted by Crippen LogP contribution is -2.36. The third-order valence-electron chi connectivity index (χ3n) is 2.77. The lowest BCUT2D eigenvalue weighted by Gasteiger charge is -2.20. The Labute approximate surface area is 112 Å². The number of aryl methyl sites for hydroxylation is 1. The molecule has 0 radical (unpaired) electrons. The van der Waals surface area contributed by atoms with E-state index in [4.69, 9.17) is 9.84 Å². The predicted octanol–water partition coefficient (Wildman–Crippen LogP) is 1.70. The van der Waals surface area contributed by atoms with Crippen molar-refractivity contribution in [2.24, 2.45) is 0 Å². The number of hydrogen-bond acceptors (Lipinski definition) is 3. The van der Waals surface area contributed by atoms with Crippen LogP contribution < -0.4 is 4.74 Å². The van der Waals surface area contributed by atoms with Crippen LogP contribution in [-0.2, 0) is 9.59 Å². The first-order chi connectivity index (χ1) is 9.04. The van der Waals surface area contributed by atoms with Crippen LogP contribution in [0, 0.1) is 6.92 Å². The second-order valence-electron chi connectivity index (χ2n) is 4.17. The molecule has 0 saturated heterocycles. The molecule has 1 N–H and O–H groups in total. The summed E-state index contributed by atoms with van der Waals surface area (Å²) in [5.41, 5.74) is 0.962. The lowest BCUT2D eigenvalue weighted by atomic mass is 10.2. The Morgan fingerprint density at radius 2 is 2.00 bits per heavy atom. The number of ether oxygens (including phenoxy) is 1. The maximum atomic E-state index is 11.9. The van der Waals surface area contributed by atoms with Crippen molar-refractivity contribution in [1.82, 2.24) is 4.90 Å². The minimum absolute atomic E-state index is 0.0516. The van der Waals surface area contributed by atoms with Gasteiger partial charge in [0.25, 0.3) is 5.91 Å². The van der Waals surface area contributed by atoms with Crippen molar-refractivity contribution in [3.05, 3.63) is 29.8 Å². The SMILES string of the molecule is CCN(CCC(=O)O)C(=O)COc1ccccc1C. The minimum atomic E-state index is -0.911. The van der Waals surface area contributed by atoms with Gasteiger partial charge in [-0.25, -0.2) is 0 Å². The Morgan fingerprint density at radius 1 is 1.32 bits per heavy atom. The molecule has 104 valence electrons. The summed E-state index contributed by atoms with van der Waals surface area (Å²) in [7, 11) is 0.